The third-order valence-electron chi connectivity index (χ3n) is 4.05. The van der Waals surface area contributed by atoms with Crippen LogP contribution in [0.25, 0.3) is 0 Å². The lowest BCUT2D eigenvalue weighted by atomic mass is 10.0. The van der Waals surface area contributed by atoms with Crippen molar-refractivity contribution in [1.29, 1.82) is 0 Å². The molecule has 0 bridgehead atoms. The van der Waals surface area contributed by atoms with Gasteiger partial charge in [0.1, 0.15) is 11.8 Å². The van der Waals surface area contributed by atoms with Gasteiger partial charge in [-0.3, -0.25) is 19.3 Å². The van der Waals surface area contributed by atoms with Crippen LogP contribution in [-0.4, -0.2) is 35.8 Å². The zero-order chi connectivity index (χ0) is 17.3. The minimum Gasteiger partial charge on any atom is -0.497 e. The molecular formula is C18H16N2O4. The highest BCUT2D eigenvalue weighted by molar-refractivity contribution is 6.22. The summed E-state index contributed by atoms with van der Waals surface area (Å²) in [5.41, 5.74) is 6.83. The lowest BCUT2D eigenvalue weighted by Gasteiger charge is -2.23. The van der Waals surface area contributed by atoms with Crippen LogP contribution in [0.4, 0.5) is 0 Å². The van der Waals surface area contributed by atoms with Gasteiger partial charge in [-0.05, 0) is 29.8 Å². The molecule has 0 unspecified atom stereocenters. The van der Waals surface area contributed by atoms with Crippen LogP contribution in [-0.2, 0) is 11.2 Å². The maximum Gasteiger partial charge on any atom is 0.262 e. The van der Waals surface area contributed by atoms with Gasteiger partial charge < -0.3 is 10.5 Å². The number of imide groups is 1. The molecule has 24 heavy (non-hydrogen) atoms. The van der Waals surface area contributed by atoms with Crippen molar-refractivity contribution in [3.63, 3.8) is 0 Å². The Hall–Kier alpha value is -3.15. The monoisotopic (exact) mass is 324 g/mol. The summed E-state index contributed by atoms with van der Waals surface area (Å²) < 4.78 is 5.09. The summed E-state index contributed by atoms with van der Waals surface area (Å²) in [5.74, 6) is -1.03. The SMILES string of the molecule is COc1ccc(C[C@H](C(N)=O)N2C(=O)c3ccccc3C2=O)cc1. The molecule has 0 saturated heterocycles. The van der Waals surface area contributed by atoms with Gasteiger partial charge in [-0.1, -0.05) is 24.3 Å². The molecule has 1 atom stereocenters. The highest BCUT2D eigenvalue weighted by Gasteiger charge is 2.41. The van der Waals surface area contributed by atoms with Gasteiger partial charge >= 0.3 is 0 Å². The molecule has 122 valence electrons. The van der Waals surface area contributed by atoms with Gasteiger partial charge in [0.2, 0.25) is 5.91 Å². The number of primary amides is 1. The largest absolute Gasteiger partial charge is 0.497 e. The minimum atomic E-state index is -1.04. The van der Waals surface area contributed by atoms with Crippen LogP contribution in [0.15, 0.2) is 48.5 Å². The number of carbonyl (C=O) groups is 3. The van der Waals surface area contributed by atoms with E-state index in [1.54, 1.807) is 55.6 Å². The number of methoxy groups -OCH3 is 1. The number of nitrogens with two attached hydrogens (primary N) is 1. The maximum absolute atomic E-state index is 12.5. The van der Waals surface area contributed by atoms with Crippen LogP contribution < -0.4 is 10.5 Å². The van der Waals surface area contributed by atoms with Gasteiger partial charge in [0.25, 0.3) is 11.8 Å². The Morgan fingerprint density at radius 3 is 2.04 bits per heavy atom. The number of rotatable bonds is 5. The molecule has 3 amide bonds. The number of nitrogens with zero attached hydrogens (tertiary/aromatic N) is 1. The van der Waals surface area contributed by atoms with Crippen molar-refractivity contribution < 1.29 is 19.1 Å². The van der Waals surface area contributed by atoms with E-state index in [0.29, 0.717) is 16.9 Å². The first-order chi connectivity index (χ1) is 11.5. The summed E-state index contributed by atoms with van der Waals surface area (Å²) in [6.45, 7) is 0. The van der Waals surface area contributed by atoms with Crippen LogP contribution >= 0.6 is 0 Å². The summed E-state index contributed by atoms with van der Waals surface area (Å²) in [6, 6.07) is 12.5. The second-order valence-corrected chi connectivity index (χ2v) is 5.50. The van der Waals surface area contributed by atoms with Crippen molar-refractivity contribution in [1.82, 2.24) is 4.90 Å². The standard InChI is InChI=1S/C18H16N2O4/c1-24-12-8-6-11(7-9-12)10-15(16(19)21)20-17(22)13-4-2-3-5-14(13)18(20)23/h2-9,15H,10H2,1H3,(H2,19,21)/t15-/m1/s1. The molecule has 0 saturated carbocycles. The fourth-order valence-electron chi connectivity index (χ4n) is 2.79. The molecule has 2 aromatic rings. The molecule has 0 aromatic heterocycles. The third kappa shape index (κ3) is 2.62. The number of benzene rings is 2. The Kier molecular flexibility index (Phi) is 4.04. The number of hydrogen-bond donors (Lipinski definition) is 1. The molecule has 1 heterocycles. The second kappa shape index (κ2) is 6.16. The van der Waals surface area contributed by atoms with Gasteiger partial charge in [-0.2, -0.15) is 0 Å². The average molecular weight is 324 g/mol. The molecule has 0 spiro atoms. The molecular weight excluding hydrogens is 308 g/mol. The summed E-state index contributed by atoms with van der Waals surface area (Å²) in [4.78, 5) is 37.9. The van der Waals surface area contributed by atoms with Crippen LogP contribution in [0.3, 0.4) is 0 Å². The topological polar surface area (TPSA) is 89.7 Å². The number of carbonyl (C=O) groups excluding carboxylic acids is 3. The summed E-state index contributed by atoms with van der Waals surface area (Å²) in [6.07, 6.45) is 0.158. The predicted octanol–water partition coefficient (Wildman–Crippen LogP) is 1.39. The van der Waals surface area contributed by atoms with Crippen molar-refractivity contribution in [2.24, 2.45) is 5.73 Å². The smallest absolute Gasteiger partial charge is 0.262 e. The third-order valence-corrected chi connectivity index (χ3v) is 4.05. The zero-order valence-electron chi connectivity index (χ0n) is 13.1. The van der Waals surface area contributed by atoms with E-state index in [9.17, 15) is 14.4 Å². The second-order valence-electron chi connectivity index (χ2n) is 5.50. The molecule has 1 aliphatic heterocycles. The van der Waals surface area contributed by atoms with Gasteiger partial charge in [-0.25, -0.2) is 0 Å². The van der Waals surface area contributed by atoms with Gasteiger partial charge in [0.15, 0.2) is 0 Å². The first-order valence-corrected chi connectivity index (χ1v) is 7.42. The molecule has 6 heteroatoms. The fraction of sp³-hybridized carbons (Fsp3) is 0.167. The molecule has 0 radical (unpaired) electrons. The van der Waals surface area contributed by atoms with E-state index >= 15 is 0 Å². The molecule has 0 aliphatic carbocycles. The summed E-state index contributed by atoms with van der Waals surface area (Å²) >= 11 is 0. The van der Waals surface area contributed by atoms with Crippen molar-refractivity contribution in [3.8, 4) is 5.75 Å². The molecule has 6 nitrogen and oxygen atoms in total. The molecule has 3 rings (SSSR count). The van der Waals surface area contributed by atoms with E-state index < -0.39 is 23.8 Å². The Balaban J connectivity index is 1.90. The lowest BCUT2D eigenvalue weighted by Crippen LogP contribution is -2.49. The number of amides is 3. The Morgan fingerprint density at radius 1 is 1.04 bits per heavy atom. The molecule has 0 fully saturated rings. The Labute approximate surface area is 138 Å². The number of hydrogen-bond acceptors (Lipinski definition) is 4. The van der Waals surface area contributed by atoms with Crippen molar-refractivity contribution in [2.75, 3.05) is 7.11 Å². The number of fused-ring (bicyclic) bond motifs is 1. The van der Waals surface area contributed by atoms with Gasteiger partial charge in [0.05, 0.1) is 18.2 Å². The quantitative estimate of drug-likeness (QED) is 0.842. The first kappa shape index (κ1) is 15.7. The summed E-state index contributed by atoms with van der Waals surface area (Å²) in [7, 11) is 1.56. The minimum absolute atomic E-state index is 0.158. The van der Waals surface area contributed by atoms with E-state index in [0.717, 1.165) is 10.5 Å². The van der Waals surface area contributed by atoms with E-state index in [2.05, 4.69) is 0 Å². The van der Waals surface area contributed by atoms with Crippen LogP contribution in [0.5, 0.6) is 5.75 Å². The van der Waals surface area contributed by atoms with E-state index in [1.807, 2.05) is 0 Å². The lowest BCUT2D eigenvalue weighted by molar-refractivity contribution is -0.121. The zero-order valence-corrected chi connectivity index (χ0v) is 13.1. The molecule has 2 N–H and O–H groups in total. The first-order valence-electron chi connectivity index (χ1n) is 7.42. The maximum atomic E-state index is 12.5. The van der Waals surface area contributed by atoms with E-state index in [1.165, 1.54) is 0 Å². The van der Waals surface area contributed by atoms with Gasteiger partial charge in [-0.15, -0.1) is 0 Å². The van der Waals surface area contributed by atoms with Crippen molar-refractivity contribution in [3.05, 3.63) is 65.2 Å². The highest BCUT2D eigenvalue weighted by atomic mass is 16.5. The van der Waals surface area contributed by atoms with Crippen LogP contribution in [0.1, 0.15) is 26.3 Å². The summed E-state index contributed by atoms with van der Waals surface area (Å²) in [5, 5.41) is 0. The van der Waals surface area contributed by atoms with Crippen molar-refractivity contribution >= 4 is 17.7 Å². The van der Waals surface area contributed by atoms with Crippen LogP contribution in [0, 0.1) is 0 Å². The van der Waals surface area contributed by atoms with Crippen LogP contribution in [0.2, 0.25) is 0 Å². The van der Waals surface area contributed by atoms with E-state index in [4.69, 9.17) is 10.5 Å². The Morgan fingerprint density at radius 2 is 1.58 bits per heavy atom. The molecule has 1 aliphatic rings. The number of ether oxygens (including phenoxy) is 1. The Bertz CT molecular complexity index is 779. The molecule has 2 aromatic carbocycles. The normalized spacial score (nSPS) is 14.5. The van der Waals surface area contributed by atoms with E-state index in [-0.39, 0.29) is 6.42 Å². The fourth-order valence-corrected chi connectivity index (χ4v) is 2.79. The highest BCUT2D eigenvalue weighted by Crippen LogP contribution is 2.26. The van der Waals surface area contributed by atoms with Gasteiger partial charge in [0, 0.05) is 6.42 Å². The average Bonchev–Trinajstić information content (AvgIpc) is 2.85. The predicted molar refractivity (Wildman–Crippen MR) is 86.6 cm³/mol. The van der Waals surface area contributed by atoms with Crippen molar-refractivity contribution in [2.45, 2.75) is 12.5 Å².